The number of carbonyl (C=O) groups excluding carboxylic acids is 1. The van der Waals surface area contributed by atoms with Gasteiger partial charge in [-0.3, -0.25) is 4.79 Å². The van der Waals surface area contributed by atoms with Crippen molar-refractivity contribution in [1.29, 1.82) is 0 Å². The van der Waals surface area contributed by atoms with Crippen molar-refractivity contribution in [3.05, 3.63) is 77.3 Å². The van der Waals surface area contributed by atoms with Crippen molar-refractivity contribution in [1.82, 2.24) is 4.98 Å². The molecule has 0 spiro atoms. The molecule has 0 aliphatic rings. The van der Waals surface area contributed by atoms with Crippen LogP contribution in [0.4, 0.5) is 5.69 Å². The highest BCUT2D eigenvalue weighted by atomic mass is 35.5. The van der Waals surface area contributed by atoms with E-state index in [-0.39, 0.29) is 5.91 Å². The molecule has 0 bridgehead atoms. The number of halogens is 1. The molecular weight excluding hydrogens is 364 g/mol. The fraction of sp³-hybridized carbons (Fsp3) is 0.0476. The molecule has 0 radical (unpaired) electrons. The maximum absolute atomic E-state index is 12.4. The van der Waals surface area contributed by atoms with E-state index in [4.69, 9.17) is 20.8 Å². The zero-order valence-corrected chi connectivity index (χ0v) is 15.2. The van der Waals surface area contributed by atoms with Gasteiger partial charge in [-0.25, -0.2) is 4.98 Å². The summed E-state index contributed by atoms with van der Waals surface area (Å²) in [6.07, 6.45) is 0. The molecule has 1 aromatic heterocycles. The Morgan fingerprint density at radius 1 is 1.07 bits per heavy atom. The zero-order valence-electron chi connectivity index (χ0n) is 14.4. The molecule has 27 heavy (non-hydrogen) atoms. The van der Waals surface area contributed by atoms with Crippen LogP contribution in [0, 0.1) is 0 Å². The fourth-order valence-electron chi connectivity index (χ4n) is 2.69. The van der Waals surface area contributed by atoms with Crippen LogP contribution in [0.1, 0.15) is 10.4 Å². The molecule has 0 saturated carbocycles. The number of nitrogens with zero attached hydrogens (tertiary/aromatic N) is 1. The maximum atomic E-state index is 12.4. The first-order chi connectivity index (χ1) is 13.1. The third-order valence-corrected chi connectivity index (χ3v) is 4.31. The smallest absolute Gasteiger partial charge is 0.255 e. The highest BCUT2D eigenvalue weighted by Crippen LogP contribution is 2.28. The Bertz CT molecular complexity index is 1120. The Balaban J connectivity index is 1.58. The van der Waals surface area contributed by atoms with E-state index in [1.807, 2.05) is 12.1 Å². The van der Waals surface area contributed by atoms with Crippen LogP contribution >= 0.6 is 11.6 Å². The number of hydrogen-bond donors (Lipinski definition) is 1. The Morgan fingerprint density at radius 2 is 1.89 bits per heavy atom. The van der Waals surface area contributed by atoms with Gasteiger partial charge in [0.15, 0.2) is 5.58 Å². The number of oxazole rings is 1. The number of fused-ring (bicyclic) bond motifs is 1. The lowest BCUT2D eigenvalue weighted by Crippen LogP contribution is -2.11. The van der Waals surface area contributed by atoms with E-state index >= 15 is 0 Å². The van der Waals surface area contributed by atoms with Crippen molar-refractivity contribution < 1.29 is 13.9 Å². The molecule has 0 saturated heterocycles. The summed E-state index contributed by atoms with van der Waals surface area (Å²) < 4.78 is 10.9. The van der Waals surface area contributed by atoms with Crippen LogP contribution in [-0.2, 0) is 0 Å². The van der Waals surface area contributed by atoms with Crippen LogP contribution in [0.25, 0.3) is 22.6 Å². The lowest BCUT2D eigenvalue weighted by Gasteiger charge is -2.06. The number of carbonyl (C=O) groups is 1. The number of benzene rings is 3. The molecule has 1 amide bonds. The second-order valence-corrected chi connectivity index (χ2v) is 6.33. The van der Waals surface area contributed by atoms with Crippen LogP contribution in [-0.4, -0.2) is 18.0 Å². The predicted octanol–water partition coefficient (Wildman–Crippen LogP) is 5.41. The minimum Gasteiger partial charge on any atom is -0.497 e. The molecule has 1 heterocycles. The van der Waals surface area contributed by atoms with E-state index in [2.05, 4.69) is 10.3 Å². The third kappa shape index (κ3) is 3.64. The van der Waals surface area contributed by atoms with Crippen LogP contribution in [0.3, 0.4) is 0 Å². The first-order valence-corrected chi connectivity index (χ1v) is 8.62. The standard InChI is InChI=1S/C21H15ClN2O3/c1-26-17-8-5-13(6-9-17)20(25)23-16-7-10-18-19(12-16)27-21(24-18)14-3-2-4-15(22)11-14/h2-12H,1H3,(H,23,25). The lowest BCUT2D eigenvalue weighted by molar-refractivity contribution is 0.102. The molecule has 0 aliphatic heterocycles. The first-order valence-electron chi connectivity index (χ1n) is 8.24. The van der Waals surface area contributed by atoms with Gasteiger partial charge in [0.1, 0.15) is 11.3 Å². The lowest BCUT2D eigenvalue weighted by atomic mass is 10.2. The molecule has 134 valence electrons. The molecule has 3 aromatic carbocycles. The number of ether oxygens (including phenoxy) is 1. The van der Waals surface area contributed by atoms with Crippen molar-refractivity contribution >= 4 is 34.3 Å². The number of methoxy groups -OCH3 is 1. The van der Waals surface area contributed by atoms with Crippen LogP contribution in [0.5, 0.6) is 5.75 Å². The van der Waals surface area contributed by atoms with Gasteiger partial charge in [-0.2, -0.15) is 0 Å². The molecule has 6 heteroatoms. The summed E-state index contributed by atoms with van der Waals surface area (Å²) in [6.45, 7) is 0. The van der Waals surface area contributed by atoms with Gasteiger partial charge in [-0.1, -0.05) is 17.7 Å². The van der Waals surface area contributed by atoms with E-state index < -0.39 is 0 Å². The van der Waals surface area contributed by atoms with Crippen molar-refractivity contribution in [2.45, 2.75) is 0 Å². The van der Waals surface area contributed by atoms with Gasteiger partial charge in [0.25, 0.3) is 5.91 Å². The Hall–Kier alpha value is -3.31. The average molecular weight is 379 g/mol. The number of anilines is 1. The Morgan fingerprint density at radius 3 is 2.63 bits per heavy atom. The third-order valence-electron chi connectivity index (χ3n) is 4.07. The molecule has 1 N–H and O–H groups in total. The van der Waals surface area contributed by atoms with E-state index in [0.717, 1.165) is 5.56 Å². The van der Waals surface area contributed by atoms with Crippen LogP contribution in [0.15, 0.2) is 71.1 Å². The SMILES string of the molecule is COc1ccc(C(=O)Nc2ccc3nc(-c4cccc(Cl)c4)oc3c2)cc1. The minimum atomic E-state index is -0.216. The number of nitrogens with one attached hydrogen (secondary N) is 1. The largest absolute Gasteiger partial charge is 0.497 e. The van der Waals surface area contributed by atoms with Crippen molar-refractivity contribution in [3.63, 3.8) is 0 Å². The van der Waals surface area contributed by atoms with Gasteiger partial charge in [0, 0.05) is 27.9 Å². The van der Waals surface area contributed by atoms with Crippen molar-refractivity contribution in [2.75, 3.05) is 12.4 Å². The van der Waals surface area contributed by atoms with Gasteiger partial charge in [-0.05, 0) is 54.6 Å². The number of aromatic nitrogens is 1. The fourth-order valence-corrected chi connectivity index (χ4v) is 2.88. The van der Waals surface area contributed by atoms with Crippen LogP contribution in [0.2, 0.25) is 5.02 Å². The Labute approximate surface area is 160 Å². The summed E-state index contributed by atoms with van der Waals surface area (Å²) in [5, 5.41) is 3.47. The summed E-state index contributed by atoms with van der Waals surface area (Å²) in [4.78, 5) is 16.9. The van der Waals surface area contributed by atoms with Gasteiger partial charge >= 0.3 is 0 Å². The molecule has 4 aromatic rings. The second-order valence-electron chi connectivity index (χ2n) is 5.89. The number of hydrogen-bond acceptors (Lipinski definition) is 4. The zero-order chi connectivity index (χ0) is 18.8. The molecule has 5 nitrogen and oxygen atoms in total. The minimum absolute atomic E-state index is 0.216. The Kier molecular flexibility index (Phi) is 4.52. The van der Waals surface area contributed by atoms with Gasteiger partial charge in [0.2, 0.25) is 5.89 Å². The van der Waals surface area contributed by atoms with Crippen molar-refractivity contribution in [2.24, 2.45) is 0 Å². The molecular formula is C21H15ClN2O3. The number of amides is 1. The maximum Gasteiger partial charge on any atom is 0.255 e. The summed E-state index contributed by atoms with van der Waals surface area (Å²) in [5.41, 5.74) is 3.23. The van der Waals surface area contributed by atoms with Crippen LogP contribution < -0.4 is 10.1 Å². The highest BCUT2D eigenvalue weighted by molar-refractivity contribution is 6.30. The monoisotopic (exact) mass is 378 g/mol. The predicted molar refractivity (Wildman–Crippen MR) is 105 cm³/mol. The van der Waals surface area contributed by atoms with Crippen molar-refractivity contribution in [3.8, 4) is 17.2 Å². The summed E-state index contributed by atoms with van der Waals surface area (Å²) in [5.74, 6) is 0.959. The topological polar surface area (TPSA) is 64.4 Å². The number of rotatable bonds is 4. The van der Waals surface area contributed by atoms with Gasteiger partial charge in [-0.15, -0.1) is 0 Å². The van der Waals surface area contributed by atoms with E-state index in [9.17, 15) is 4.79 Å². The first kappa shape index (κ1) is 17.1. The highest BCUT2D eigenvalue weighted by Gasteiger charge is 2.11. The molecule has 0 aliphatic carbocycles. The van der Waals surface area contributed by atoms with E-state index in [0.29, 0.717) is 39.0 Å². The molecule has 0 fully saturated rings. The second kappa shape index (κ2) is 7.13. The normalized spacial score (nSPS) is 10.7. The average Bonchev–Trinajstić information content (AvgIpc) is 3.11. The summed E-state index contributed by atoms with van der Waals surface area (Å²) in [7, 11) is 1.58. The van der Waals surface area contributed by atoms with Gasteiger partial charge in [0.05, 0.1) is 7.11 Å². The van der Waals surface area contributed by atoms with E-state index in [1.54, 1.807) is 61.7 Å². The van der Waals surface area contributed by atoms with E-state index in [1.165, 1.54) is 0 Å². The molecule has 0 unspecified atom stereocenters. The molecule has 0 atom stereocenters. The molecule has 4 rings (SSSR count). The van der Waals surface area contributed by atoms with Gasteiger partial charge < -0.3 is 14.5 Å². The summed E-state index contributed by atoms with van der Waals surface area (Å²) >= 11 is 6.03. The summed E-state index contributed by atoms with van der Waals surface area (Å²) in [6, 6.07) is 19.5. The quantitative estimate of drug-likeness (QED) is 0.515.